The van der Waals surface area contributed by atoms with E-state index < -0.39 is 5.82 Å². The number of hydrogen-bond donors (Lipinski definition) is 3. The lowest BCUT2D eigenvalue weighted by Crippen LogP contribution is -2.10. The summed E-state index contributed by atoms with van der Waals surface area (Å²) in [6, 6.07) is 4.10. The van der Waals surface area contributed by atoms with E-state index in [4.69, 9.17) is 10.6 Å². The number of halogens is 2. The number of H-pyrrole nitrogens is 1. The van der Waals surface area contributed by atoms with Crippen molar-refractivity contribution in [1.29, 1.82) is 0 Å². The highest BCUT2D eigenvalue weighted by molar-refractivity contribution is 9.10. The Morgan fingerprint density at radius 2 is 2.20 bits per heavy atom. The molecule has 0 aliphatic heterocycles. The fourth-order valence-electron chi connectivity index (χ4n) is 1.61. The van der Waals surface area contributed by atoms with E-state index in [2.05, 4.69) is 41.5 Å². The first-order valence-corrected chi connectivity index (χ1v) is 6.27. The molecular weight excluding hydrogens is 331 g/mol. The molecule has 2 heterocycles. The van der Waals surface area contributed by atoms with Crippen molar-refractivity contribution in [3.05, 3.63) is 34.7 Å². The van der Waals surface area contributed by atoms with Gasteiger partial charge >= 0.3 is 0 Å². The van der Waals surface area contributed by atoms with Crippen LogP contribution in [0.15, 0.2) is 28.9 Å². The maximum atomic E-state index is 13.3. The lowest BCUT2D eigenvalue weighted by Gasteiger charge is -2.08. The number of nitrogens with zero attached hydrogens (tertiary/aromatic N) is 3. The molecule has 9 heteroatoms. The second kappa shape index (κ2) is 5.02. The number of fused-ring (bicyclic) bond motifs is 1. The van der Waals surface area contributed by atoms with Gasteiger partial charge in [0.15, 0.2) is 5.65 Å². The molecule has 7 nitrogen and oxygen atoms in total. The van der Waals surface area contributed by atoms with Gasteiger partial charge in [0.2, 0.25) is 11.8 Å². The molecule has 3 aromatic rings. The van der Waals surface area contributed by atoms with Gasteiger partial charge in [-0.1, -0.05) is 0 Å². The number of nitrogen functional groups attached to an aromatic ring is 1. The summed E-state index contributed by atoms with van der Waals surface area (Å²) < 4.78 is 19.5. The third-order valence-corrected chi connectivity index (χ3v) is 3.16. The Bertz CT molecular complexity index is 777. The van der Waals surface area contributed by atoms with Crippen LogP contribution in [0, 0.1) is 5.82 Å². The van der Waals surface area contributed by atoms with Gasteiger partial charge in [-0.25, -0.2) is 10.2 Å². The van der Waals surface area contributed by atoms with Crippen LogP contribution in [0.4, 0.5) is 10.3 Å². The predicted molar refractivity (Wildman–Crippen MR) is 73.7 cm³/mol. The Morgan fingerprint density at radius 3 is 3.00 bits per heavy atom. The van der Waals surface area contributed by atoms with Gasteiger partial charge in [-0.05, 0) is 28.1 Å². The van der Waals surface area contributed by atoms with Crippen molar-refractivity contribution in [2.75, 3.05) is 5.43 Å². The van der Waals surface area contributed by atoms with Crippen LogP contribution < -0.4 is 16.0 Å². The predicted octanol–water partition coefficient (Wildman–Crippen LogP) is 2.33. The Kier molecular flexibility index (Phi) is 3.20. The summed E-state index contributed by atoms with van der Waals surface area (Å²) in [5.41, 5.74) is 2.78. The van der Waals surface area contributed by atoms with Gasteiger partial charge in [-0.15, -0.1) is 0 Å². The van der Waals surface area contributed by atoms with Crippen LogP contribution in [-0.2, 0) is 0 Å². The molecule has 102 valence electrons. The van der Waals surface area contributed by atoms with E-state index in [0.717, 1.165) is 0 Å². The lowest BCUT2D eigenvalue weighted by molar-refractivity contribution is 0.461. The summed E-state index contributed by atoms with van der Waals surface area (Å²) in [5, 5.41) is 7.10. The summed E-state index contributed by atoms with van der Waals surface area (Å²) in [5.74, 6) is 5.53. The molecule has 20 heavy (non-hydrogen) atoms. The summed E-state index contributed by atoms with van der Waals surface area (Å²) in [7, 11) is 0. The first-order valence-electron chi connectivity index (χ1n) is 5.48. The summed E-state index contributed by atoms with van der Waals surface area (Å²) in [6.07, 6.45) is 1.51. The van der Waals surface area contributed by atoms with Crippen LogP contribution in [0.5, 0.6) is 11.6 Å². The molecule has 3 rings (SSSR count). The maximum Gasteiger partial charge on any atom is 0.242 e. The average molecular weight is 339 g/mol. The van der Waals surface area contributed by atoms with Gasteiger partial charge in [0.05, 0.1) is 10.7 Å². The molecule has 0 fully saturated rings. The molecule has 0 aliphatic carbocycles. The van der Waals surface area contributed by atoms with E-state index in [9.17, 15) is 4.39 Å². The van der Waals surface area contributed by atoms with Crippen LogP contribution in [0.2, 0.25) is 0 Å². The molecule has 1 aromatic carbocycles. The van der Waals surface area contributed by atoms with E-state index >= 15 is 0 Å². The number of nitrogens with one attached hydrogen (secondary N) is 2. The molecule has 0 amide bonds. The average Bonchev–Trinajstić information content (AvgIpc) is 2.91. The van der Waals surface area contributed by atoms with Crippen molar-refractivity contribution in [1.82, 2.24) is 20.2 Å². The monoisotopic (exact) mass is 338 g/mol. The second-order valence-electron chi connectivity index (χ2n) is 3.81. The van der Waals surface area contributed by atoms with E-state index in [-0.39, 0.29) is 17.6 Å². The normalized spacial score (nSPS) is 10.8. The Labute approximate surface area is 120 Å². The third-order valence-electron chi connectivity index (χ3n) is 2.50. The number of benzene rings is 1. The highest BCUT2D eigenvalue weighted by Crippen LogP contribution is 2.32. The molecule has 2 aromatic heterocycles. The standard InChI is InChI=1S/C11H8BrFN6O/c12-7-2-1-5(13)3-8(7)20-10-6-4-15-19-9(6)16-11(17-10)18-14/h1-4H,14H2,(H2,15,16,17,18,19). The largest absolute Gasteiger partial charge is 0.437 e. The van der Waals surface area contributed by atoms with Crippen LogP contribution in [-0.4, -0.2) is 20.2 Å². The number of aromatic nitrogens is 4. The smallest absolute Gasteiger partial charge is 0.242 e. The third kappa shape index (κ3) is 2.28. The topological polar surface area (TPSA) is 102 Å². The van der Waals surface area contributed by atoms with Crippen molar-refractivity contribution in [2.24, 2.45) is 5.84 Å². The molecule has 0 unspecified atom stereocenters. The molecule has 4 N–H and O–H groups in total. The molecule has 0 atom stereocenters. The zero-order chi connectivity index (χ0) is 14.1. The maximum absolute atomic E-state index is 13.3. The molecule has 0 saturated heterocycles. The number of aromatic amines is 1. The molecular formula is C11H8BrFN6O. The first-order chi connectivity index (χ1) is 9.67. The number of anilines is 1. The van der Waals surface area contributed by atoms with E-state index in [1.54, 1.807) is 6.07 Å². The van der Waals surface area contributed by atoms with Crippen molar-refractivity contribution in [3.8, 4) is 11.6 Å². The van der Waals surface area contributed by atoms with Crippen molar-refractivity contribution in [3.63, 3.8) is 0 Å². The number of rotatable bonds is 3. The minimum Gasteiger partial charge on any atom is -0.437 e. The van der Waals surface area contributed by atoms with Crippen molar-refractivity contribution >= 4 is 32.9 Å². The summed E-state index contributed by atoms with van der Waals surface area (Å²) in [4.78, 5) is 8.15. The second-order valence-corrected chi connectivity index (χ2v) is 4.66. The molecule has 0 radical (unpaired) electrons. The fraction of sp³-hybridized carbons (Fsp3) is 0. The Balaban J connectivity index is 2.09. The number of ether oxygens (including phenoxy) is 1. The van der Waals surface area contributed by atoms with Crippen LogP contribution in [0.25, 0.3) is 11.0 Å². The van der Waals surface area contributed by atoms with E-state index in [1.807, 2.05) is 0 Å². The molecule has 0 saturated carbocycles. The SMILES string of the molecule is NNc1nc(Oc2cc(F)ccc2Br)c2cn[nH]c2n1. The van der Waals surface area contributed by atoms with Crippen LogP contribution in [0.3, 0.4) is 0 Å². The molecule has 0 spiro atoms. The Hall–Kier alpha value is -2.26. The minimum atomic E-state index is -0.419. The van der Waals surface area contributed by atoms with Gasteiger partial charge in [-0.2, -0.15) is 15.1 Å². The number of nitrogens with two attached hydrogens (primary N) is 1. The Morgan fingerprint density at radius 1 is 1.35 bits per heavy atom. The number of hydrogen-bond acceptors (Lipinski definition) is 6. The summed E-state index contributed by atoms with van der Waals surface area (Å²) in [6.45, 7) is 0. The van der Waals surface area contributed by atoms with Crippen LogP contribution >= 0.6 is 15.9 Å². The van der Waals surface area contributed by atoms with Gasteiger partial charge < -0.3 is 4.74 Å². The quantitative estimate of drug-likeness (QED) is 0.500. The van der Waals surface area contributed by atoms with Gasteiger partial charge in [0, 0.05) is 6.07 Å². The molecule has 0 bridgehead atoms. The van der Waals surface area contributed by atoms with Gasteiger partial charge in [0.25, 0.3) is 0 Å². The highest BCUT2D eigenvalue weighted by atomic mass is 79.9. The van der Waals surface area contributed by atoms with Gasteiger partial charge in [-0.3, -0.25) is 10.5 Å². The minimum absolute atomic E-state index is 0.157. The van der Waals surface area contributed by atoms with E-state index in [0.29, 0.717) is 15.5 Å². The number of hydrazine groups is 1. The fourth-order valence-corrected chi connectivity index (χ4v) is 1.94. The summed E-state index contributed by atoms with van der Waals surface area (Å²) >= 11 is 3.28. The molecule has 0 aliphatic rings. The van der Waals surface area contributed by atoms with Crippen molar-refractivity contribution in [2.45, 2.75) is 0 Å². The van der Waals surface area contributed by atoms with Gasteiger partial charge in [0.1, 0.15) is 17.0 Å². The highest BCUT2D eigenvalue weighted by Gasteiger charge is 2.13. The van der Waals surface area contributed by atoms with Crippen molar-refractivity contribution < 1.29 is 9.13 Å². The van der Waals surface area contributed by atoms with E-state index in [1.165, 1.54) is 18.3 Å². The first kappa shape index (κ1) is 12.8. The van der Waals surface area contributed by atoms with Crippen LogP contribution in [0.1, 0.15) is 0 Å². The lowest BCUT2D eigenvalue weighted by atomic mass is 10.3. The zero-order valence-electron chi connectivity index (χ0n) is 9.89. The zero-order valence-corrected chi connectivity index (χ0v) is 11.5.